The van der Waals surface area contributed by atoms with Crippen molar-refractivity contribution in [2.75, 3.05) is 0 Å². The number of hydrogen-bond acceptors (Lipinski definition) is 3. The molecule has 5 heteroatoms. The lowest BCUT2D eigenvalue weighted by Crippen LogP contribution is -2.24. The lowest BCUT2D eigenvalue weighted by molar-refractivity contribution is -0.121. The normalized spacial score (nSPS) is 10.2. The van der Waals surface area contributed by atoms with E-state index >= 15 is 0 Å². The van der Waals surface area contributed by atoms with Crippen molar-refractivity contribution < 1.29 is 9.90 Å². The highest BCUT2D eigenvalue weighted by atomic mass is 16.3. The highest BCUT2D eigenvalue weighted by Gasteiger charge is 2.04. The molecule has 2 aromatic rings. The number of amides is 1. The first-order valence-electron chi connectivity index (χ1n) is 5.77. The van der Waals surface area contributed by atoms with Gasteiger partial charge in [-0.25, -0.2) is 0 Å². The smallest absolute Gasteiger partial charge is 0.222 e. The maximum absolute atomic E-state index is 11.6. The second kappa shape index (κ2) is 5.86. The fourth-order valence-electron chi connectivity index (χ4n) is 1.59. The number of carbonyl (C=O) groups is 1. The molecule has 0 bridgehead atoms. The molecular formula is C13H15N3O2. The predicted molar refractivity (Wildman–Crippen MR) is 66.8 cm³/mol. The first-order valence-corrected chi connectivity index (χ1v) is 5.77. The Balaban J connectivity index is 1.77. The Morgan fingerprint density at radius 2 is 2.17 bits per heavy atom. The number of nitrogens with zero attached hydrogens (tertiary/aromatic N) is 2. The van der Waals surface area contributed by atoms with E-state index in [1.54, 1.807) is 29.1 Å². The topological polar surface area (TPSA) is 67.2 Å². The van der Waals surface area contributed by atoms with Crippen molar-refractivity contribution in [1.29, 1.82) is 0 Å². The number of para-hydroxylation sites is 1. The van der Waals surface area contributed by atoms with E-state index in [2.05, 4.69) is 10.4 Å². The van der Waals surface area contributed by atoms with Crippen LogP contribution in [0, 0.1) is 0 Å². The molecule has 0 fully saturated rings. The van der Waals surface area contributed by atoms with Crippen molar-refractivity contribution in [3.8, 4) is 5.75 Å². The zero-order chi connectivity index (χ0) is 12.8. The van der Waals surface area contributed by atoms with Gasteiger partial charge in [-0.05, 0) is 12.1 Å². The van der Waals surface area contributed by atoms with Crippen molar-refractivity contribution in [1.82, 2.24) is 15.1 Å². The van der Waals surface area contributed by atoms with Crippen molar-refractivity contribution >= 4 is 5.91 Å². The van der Waals surface area contributed by atoms with Crippen molar-refractivity contribution in [2.24, 2.45) is 0 Å². The number of hydrogen-bond donors (Lipinski definition) is 2. The second-order valence-corrected chi connectivity index (χ2v) is 3.92. The van der Waals surface area contributed by atoms with Gasteiger partial charge in [0.25, 0.3) is 0 Å². The summed E-state index contributed by atoms with van der Waals surface area (Å²) in [6.45, 7) is 0.893. The summed E-state index contributed by atoms with van der Waals surface area (Å²) in [5, 5.41) is 16.3. The summed E-state index contributed by atoms with van der Waals surface area (Å²) < 4.78 is 1.71. The zero-order valence-corrected chi connectivity index (χ0v) is 9.91. The summed E-state index contributed by atoms with van der Waals surface area (Å²) in [6.07, 6.45) is 3.87. The molecule has 5 nitrogen and oxygen atoms in total. The van der Waals surface area contributed by atoms with E-state index in [1.165, 1.54) is 0 Å². The van der Waals surface area contributed by atoms with Crippen LogP contribution in [0.1, 0.15) is 12.0 Å². The lowest BCUT2D eigenvalue weighted by Gasteiger charge is -2.07. The summed E-state index contributed by atoms with van der Waals surface area (Å²) >= 11 is 0. The molecule has 0 atom stereocenters. The Kier molecular flexibility index (Phi) is 3.96. The summed E-state index contributed by atoms with van der Waals surface area (Å²) in [7, 11) is 0. The number of nitrogens with one attached hydrogen (secondary N) is 1. The minimum Gasteiger partial charge on any atom is -0.508 e. The van der Waals surface area contributed by atoms with Crippen molar-refractivity contribution in [3.63, 3.8) is 0 Å². The molecule has 18 heavy (non-hydrogen) atoms. The molecule has 0 unspecified atom stereocenters. The van der Waals surface area contributed by atoms with E-state index in [0.717, 1.165) is 0 Å². The van der Waals surface area contributed by atoms with Gasteiger partial charge in [0, 0.05) is 37.5 Å². The van der Waals surface area contributed by atoms with Crippen LogP contribution >= 0.6 is 0 Å². The van der Waals surface area contributed by atoms with Crippen LogP contribution < -0.4 is 5.32 Å². The number of aromatic nitrogens is 2. The fraction of sp³-hybridized carbons (Fsp3) is 0.231. The zero-order valence-electron chi connectivity index (χ0n) is 9.91. The van der Waals surface area contributed by atoms with Gasteiger partial charge in [-0.1, -0.05) is 18.2 Å². The van der Waals surface area contributed by atoms with Gasteiger partial charge in [0.15, 0.2) is 0 Å². The lowest BCUT2D eigenvalue weighted by atomic mass is 10.2. The van der Waals surface area contributed by atoms with Crippen LogP contribution in [0.25, 0.3) is 0 Å². The largest absolute Gasteiger partial charge is 0.508 e. The monoisotopic (exact) mass is 245 g/mol. The fourth-order valence-corrected chi connectivity index (χ4v) is 1.59. The highest BCUT2D eigenvalue weighted by molar-refractivity contribution is 5.75. The summed E-state index contributed by atoms with van der Waals surface area (Å²) in [4.78, 5) is 11.6. The molecular weight excluding hydrogens is 230 g/mol. The highest BCUT2D eigenvalue weighted by Crippen LogP contribution is 2.14. The van der Waals surface area contributed by atoms with Gasteiger partial charge in [0.05, 0.1) is 0 Å². The van der Waals surface area contributed by atoms with E-state index in [0.29, 0.717) is 25.1 Å². The first kappa shape index (κ1) is 12.2. The second-order valence-electron chi connectivity index (χ2n) is 3.92. The van der Waals surface area contributed by atoms with Gasteiger partial charge in [0.1, 0.15) is 5.75 Å². The van der Waals surface area contributed by atoms with E-state index in [1.807, 2.05) is 18.3 Å². The molecule has 0 aliphatic heterocycles. The number of rotatable bonds is 5. The number of phenolic OH excluding ortho intramolecular Hbond substituents is 1. The van der Waals surface area contributed by atoms with Gasteiger partial charge in [-0.3, -0.25) is 9.48 Å². The number of carbonyl (C=O) groups excluding carboxylic acids is 1. The first-order chi connectivity index (χ1) is 8.75. The Bertz CT molecular complexity index is 509. The Morgan fingerprint density at radius 3 is 2.89 bits per heavy atom. The summed E-state index contributed by atoms with van der Waals surface area (Å²) in [6, 6.07) is 8.78. The van der Waals surface area contributed by atoms with Crippen LogP contribution in [0.4, 0.5) is 0 Å². The molecule has 1 amide bonds. The molecule has 0 saturated carbocycles. The molecule has 1 aromatic carbocycles. The van der Waals surface area contributed by atoms with E-state index in [4.69, 9.17) is 0 Å². The van der Waals surface area contributed by atoms with E-state index in [9.17, 15) is 9.90 Å². The van der Waals surface area contributed by atoms with E-state index < -0.39 is 0 Å². The van der Waals surface area contributed by atoms with Crippen molar-refractivity contribution in [3.05, 3.63) is 48.3 Å². The molecule has 1 aromatic heterocycles. The molecule has 94 valence electrons. The van der Waals surface area contributed by atoms with Crippen LogP contribution in [0.3, 0.4) is 0 Å². The molecule has 1 heterocycles. The molecule has 0 spiro atoms. The Hall–Kier alpha value is -2.30. The number of phenols is 1. The quantitative estimate of drug-likeness (QED) is 0.834. The third-order valence-electron chi connectivity index (χ3n) is 2.59. The van der Waals surface area contributed by atoms with E-state index in [-0.39, 0.29) is 11.7 Å². The van der Waals surface area contributed by atoms with Gasteiger partial charge in [0.2, 0.25) is 5.91 Å². The Labute approximate surface area is 105 Å². The third kappa shape index (κ3) is 3.35. The summed E-state index contributed by atoms with van der Waals surface area (Å²) in [5.41, 5.74) is 0.713. The number of aryl methyl sites for hydroxylation is 1. The molecule has 0 aliphatic carbocycles. The predicted octanol–water partition coefficient (Wildman–Crippen LogP) is 1.30. The van der Waals surface area contributed by atoms with Crippen LogP contribution in [0.15, 0.2) is 42.7 Å². The molecule has 0 aliphatic rings. The Morgan fingerprint density at radius 1 is 1.33 bits per heavy atom. The average molecular weight is 245 g/mol. The maximum Gasteiger partial charge on any atom is 0.222 e. The average Bonchev–Trinajstić information content (AvgIpc) is 2.88. The third-order valence-corrected chi connectivity index (χ3v) is 2.59. The van der Waals surface area contributed by atoms with Crippen molar-refractivity contribution in [2.45, 2.75) is 19.5 Å². The van der Waals surface area contributed by atoms with Gasteiger partial charge >= 0.3 is 0 Å². The maximum atomic E-state index is 11.6. The van der Waals surface area contributed by atoms with Crippen LogP contribution in [0.2, 0.25) is 0 Å². The van der Waals surface area contributed by atoms with Crippen LogP contribution in [0.5, 0.6) is 5.75 Å². The standard InChI is InChI=1S/C13H15N3O2/c17-12-5-2-1-4-11(12)10-14-13(18)6-9-16-8-3-7-15-16/h1-5,7-8,17H,6,9-10H2,(H,14,18). The van der Waals surface area contributed by atoms with Gasteiger partial charge in [-0.15, -0.1) is 0 Å². The number of benzene rings is 1. The minimum atomic E-state index is -0.0613. The molecule has 2 N–H and O–H groups in total. The van der Waals surface area contributed by atoms with Gasteiger partial charge in [-0.2, -0.15) is 5.10 Å². The molecule has 0 saturated heterocycles. The van der Waals surface area contributed by atoms with Gasteiger partial charge < -0.3 is 10.4 Å². The van der Waals surface area contributed by atoms with Crippen LogP contribution in [-0.4, -0.2) is 20.8 Å². The molecule has 2 rings (SSSR count). The number of aromatic hydroxyl groups is 1. The minimum absolute atomic E-state index is 0.0613. The summed E-state index contributed by atoms with van der Waals surface area (Å²) in [5.74, 6) is 0.138. The molecule has 0 radical (unpaired) electrons. The van der Waals surface area contributed by atoms with Crippen LogP contribution in [-0.2, 0) is 17.9 Å². The SMILES string of the molecule is O=C(CCn1cccn1)NCc1ccccc1O.